The first kappa shape index (κ1) is 21.6. The maximum absolute atomic E-state index is 12.5. The number of nitrogens with zero attached hydrogens (tertiary/aromatic N) is 3. The molecule has 0 fully saturated rings. The van der Waals surface area contributed by atoms with Gasteiger partial charge in [-0.05, 0) is 11.6 Å². The Balaban J connectivity index is 1.48. The van der Waals surface area contributed by atoms with Crippen LogP contribution < -0.4 is 4.74 Å². The average molecular weight is 442 g/mol. The van der Waals surface area contributed by atoms with Crippen molar-refractivity contribution in [3.63, 3.8) is 0 Å². The van der Waals surface area contributed by atoms with Crippen molar-refractivity contribution in [1.82, 2.24) is 14.8 Å². The summed E-state index contributed by atoms with van der Waals surface area (Å²) in [7, 11) is 0. The molecular weight excluding hydrogens is 418 g/mol. The molecule has 4 rings (SSSR count). The van der Waals surface area contributed by atoms with Crippen LogP contribution >= 0.6 is 11.8 Å². The molecule has 1 aromatic heterocycles. The lowest BCUT2D eigenvalue weighted by Gasteiger charge is -2.12. The molecule has 0 unspecified atom stereocenters. The summed E-state index contributed by atoms with van der Waals surface area (Å²) < 4.78 is 8.07. The van der Waals surface area contributed by atoms with Crippen LogP contribution in [0.2, 0.25) is 0 Å². The van der Waals surface area contributed by atoms with Gasteiger partial charge in [0.05, 0.1) is 5.75 Å². The number of rotatable bonds is 10. The molecule has 1 heterocycles. The molecule has 3 aromatic carbocycles. The van der Waals surface area contributed by atoms with E-state index in [0.717, 1.165) is 16.9 Å². The van der Waals surface area contributed by atoms with Crippen molar-refractivity contribution in [3.05, 3.63) is 109 Å². The topological polar surface area (TPSA) is 57.0 Å². The normalized spacial score (nSPS) is 10.6. The maximum atomic E-state index is 12.5. The fourth-order valence-corrected chi connectivity index (χ4v) is 4.13. The van der Waals surface area contributed by atoms with E-state index < -0.39 is 0 Å². The number of Topliss-reactive ketones (excluding diaryl/α,β-unsaturated/α-hetero) is 1. The quantitative estimate of drug-likeness (QED) is 0.180. The molecule has 0 aliphatic carbocycles. The Bertz CT molecular complexity index is 1190. The number of carbonyl (C=O) groups excluding carboxylic acids is 1. The molecule has 5 nitrogen and oxygen atoms in total. The average Bonchev–Trinajstić information content (AvgIpc) is 3.24. The number of ketones is 1. The van der Waals surface area contributed by atoms with Crippen molar-refractivity contribution in [2.24, 2.45) is 0 Å². The van der Waals surface area contributed by atoms with Crippen LogP contribution in [0.15, 0.2) is 103 Å². The van der Waals surface area contributed by atoms with Crippen LogP contribution in [0, 0.1) is 0 Å². The highest BCUT2D eigenvalue weighted by Crippen LogP contribution is 2.30. The van der Waals surface area contributed by atoms with Crippen LogP contribution in [0.5, 0.6) is 5.75 Å². The molecule has 0 aliphatic heterocycles. The Kier molecular flexibility index (Phi) is 7.15. The number of hydrogen-bond donors (Lipinski definition) is 0. The van der Waals surface area contributed by atoms with Crippen molar-refractivity contribution in [1.29, 1.82) is 0 Å². The predicted molar refractivity (Wildman–Crippen MR) is 128 cm³/mol. The van der Waals surface area contributed by atoms with Gasteiger partial charge in [0.15, 0.2) is 16.8 Å². The number of aromatic nitrogens is 3. The number of hydrogen-bond acceptors (Lipinski definition) is 5. The standard InChI is InChI=1S/C26H23N3O2S/c1-2-17-29-25(27-28-26(29)32-19-23(30)21-13-7-4-8-14-21)18-31-24-16-10-9-15-22(24)20-11-5-3-6-12-20/h2-16H,1,17-19H2. The lowest BCUT2D eigenvalue weighted by atomic mass is 10.1. The zero-order valence-electron chi connectivity index (χ0n) is 17.6. The smallest absolute Gasteiger partial charge is 0.192 e. The summed E-state index contributed by atoms with van der Waals surface area (Å²) in [6.07, 6.45) is 1.79. The van der Waals surface area contributed by atoms with Crippen LogP contribution in [0.25, 0.3) is 11.1 Å². The van der Waals surface area contributed by atoms with Gasteiger partial charge in [0.1, 0.15) is 12.4 Å². The number of benzene rings is 3. The van der Waals surface area contributed by atoms with Crippen molar-refractivity contribution >= 4 is 17.5 Å². The molecule has 0 aliphatic rings. The summed E-state index contributed by atoms with van der Waals surface area (Å²) in [5, 5.41) is 9.27. The summed E-state index contributed by atoms with van der Waals surface area (Å²) in [5.41, 5.74) is 2.80. The minimum absolute atomic E-state index is 0.0540. The van der Waals surface area contributed by atoms with E-state index in [-0.39, 0.29) is 18.1 Å². The number of allylic oxidation sites excluding steroid dienone is 1. The summed E-state index contributed by atoms with van der Waals surface area (Å²) in [6, 6.07) is 27.3. The van der Waals surface area contributed by atoms with E-state index in [1.807, 2.05) is 77.4 Å². The molecule has 4 aromatic rings. The van der Waals surface area contributed by atoms with Crippen molar-refractivity contribution < 1.29 is 9.53 Å². The molecule has 0 bridgehead atoms. The molecule has 0 spiro atoms. The van der Waals surface area contributed by atoms with Gasteiger partial charge in [-0.1, -0.05) is 96.7 Å². The molecule has 6 heteroatoms. The van der Waals surface area contributed by atoms with Crippen LogP contribution in [0.3, 0.4) is 0 Å². The van der Waals surface area contributed by atoms with Gasteiger partial charge in [0.25, 0.3) is 0 Å². The van der Waals surface area contributed by atoms with Gasteiger partial charge < -0.3 is 4.74 Å². The lowest BCUT2D eigenvalue weighted by Crippen LogP contribution is -2.09. The third-order valence-electron chi connectivity index (χ3n) is 4.86. The summed E-state index contributed by atoms with van der Waals surface area (Å²) in [5.74, 6) is 1.80. The van der Waals surface area contributed by atoms with E-state index in [9.17, 15) is 4.79 Å². The predicted octanol–water partition coefficient (Wildman–Crippen LogP) is 5.69. The van der Waals surface area contributed by atoms with E-state index in [0.29, 0.717) is 23.1 Å². The van der Waals surface area contributed by atoms with Gasteiger partial charge in [0.2, 0.25) is 0 Å². The van der Waals surface area contributed by atoms with Gasteiger partial charge in [0, 0.05) is 17.7 Å². The third kappa shape index (κ3) is 5.15. The van der Waals surface area contributed by atoms with Crippen molar-refractivity contribution in [2.75, 3.05) is 5.75 Å². The minimum Gasteiger partial charge on any atom is -0.485 e. The lowest BCUT2D eigenvalue weighted by molar-refractivity contribution is 0.102. The van der Waals surface area contributed by atoms with Gasteiger partial charge in [-0.25, -0.2) is 0 Å². The molecule has 0 radical (unpaired) electrons. The second-order valence-corrected chi connectivity index (χ2v) is 7.97. The molecule has 160 valence electrons. The maximum Gasteiger partial charge on any atom is 0.192 e. The summed E-state index contributed by atoms with van der Waals surface area (Å²) in [4.78, 5) is 12.5. The van der Waals surface area contributed by atoms with E-state index >= 15 is 0 Å². The summed E-state index contributed by atoms with van der Waals surface area (Å²) in [6.45, 7) is 4.64. The van der Waals surface area contributed by atoms with E-state index in [2.05, 4.69) is 28.9 Å². The second-order valence-electron chi connectivity index (χ2n) is 7.03. The zero-order chi connectivity index (χ0) is 22.2. The number of ether oxygens (including phenoxy) is 1. The zero-order valence-corrected chi connectivity index (χ0v) is 18.4. The van der Waals surface area contributed by atoms with Gasteiger partial charge in [-0.15, -0.1) is 16.8 Å². The Morgan fingerprint density at radius 1 is 0.938 bits per heavy atom. The second kappa shape index (κ2) is 10.6. The Morgan fingerprint density at radius 2 is 1.62 bits per heavy atom. The molecule has 32 heavy (non-hydrogen) atoms. The Labute approximate surface area is 191 Å². The SMILES string of the molecule is C=CCn1c(COc2ccccc2-c2ccccc2)nnc1SCC(=O)c1ccccc1. The molecule has 0 atom stereocenters. The minimum atomic E-state index is 0.0540. The molecule has 0 N–H and O–H groups in total. The van der Waals surface area contributed by atoms with Crippen molar-refractivity contribution in [2.45, 2.75) is 18.3 Å². The third-order valence-corrected chi connectivity index (χ3v) is 5.83. The molecule has 0 saturated heterocycles. The first-order valence-electron chi connectivity index (χ1n) is 10.3. The number of carbonyl (C=O) groups is 1. The monoisotopic (exact) mass is 441 g/mol. The fourth-order valence-electron chi connectivity index (χ4n) is 3.27. The van der Waals surface area contributed by atoms with Gasteiger partial charge in [-0.2, -0.15) is 0 Å². The van der Waals surface area contributed by atoms with Gasteiger partial charge in [-0.3, -0.25) is 9.36 Å². The van der Waals surface area contributed by atoms with E-state index in [4.69, 9.17) is 4.74 Å². The fraction of sp³-hybridized carbons (Fsp3) is 0.115. The molecule has 0 saturated carbocycles. The summed E-state index contributed by atoms with van der Waals surface area (Å²) >= 11 is 1.37. The highest BCUT2D eigenvalue weighted by molar-refractivity contribution is 7.99. The largest absolute Gasteiger partial charge is 0.485 e. The number of para-hydroxylation sites is 1. The van der Waals surface area contributed by atoms with Crippen LogP contribution in [-0.2, 0) is 13.2 Å². The first-order valence-corrected chi connectivity index (χ1v) is 11.3. The van der Waals surface area contributed by atoms with Crippen LogP contribution in [0.1, 0.15) is 16.2 Å². The van der Waals surface area contributed by atoms with Crippen LogP contribution in [0.4, 0.5) is 0 Å². The first-order chi connectivity index (χ1) is 15.8. The van der Waals surface area contributed by atoms with E-state index in [1.165, 1.54) is 11.8 Å². The highest BCUT2D eigenvalue weighted by Gasteiger charge is 2.15. The Morgan fingerprint density at radius 3 is 2.38 bits per heavy atom. The van der Waals surface area contributed by atoms with Gasteiger partial charge >= 0.3 is 0 Å². The molecular formula is C26H23N3O2S. The molecule has 0 amide bonds. The van der Waals surface area contributed by atoms with Crippen LogP contribution in [-0.4, -0.2) is 26.3 Å². The number of thioether (sulfide) groups is 1. The van der Waals surface area contributed by atoms with E-state index in [1.54, 1.807) is 6.08 Å². The highest BCUT2D eigenvalue weighted by atomic mass is 32.2. The van der Waals surface area contributed by atoms with Crippen molar-refractivity contribution in [3.8, 4) is 16.9 Å². The Hall–Kier alpha value is -3.64.